The first-order valence-corrected chi connectivity index (χ1v) is 10.8. The van der Waals surface area contributed by atoms with Crippen LogP contribution in [0.4, 0.5) is 0 Å². The van der Waals surface area contributed by atoms with E-state index in [9.17, 15) is 0 Å². The molecular formula is C21H46NO3+. The summed E-state index contributed by atoms with van der Waals surface area (Å²) in [4.78, 5) is 0. The van der Waals surface area contributed by atoms with E-state index < -0.39 is 0 Å². The summed E-state index contributed by atoms with van der Waals surface area (Å²) >= 11 is 0. The Hall–Kier alpha value is -0.160. The van der Waals surface area contributed by atoms with E-state index in [1.165, 1.54) is 83.5 Å². The molecule has 0 unspecified atom stereocenters. The molecule has 4 heteroatoms. The molecule has 0 saturated carbocycles. The van der Waals surface area contributed by atoms with Crippen molar-refractivity contribution in [2.75, 3.05) is 46.5 Å². The van der Waals surface area contributed by atoms with E-state index in [0.29, 0.717) is 6.61 Å². The van der Waals surface area contributed by atoms with Gasteiger partial charge in [0.1, 0.15) is 13.1 Å². The Morgan fingerprint density at radius 2 is 0.720 bits per heavy atom. The van der Waals surface area contributed by atoms with Crippen LogP contribution in [0.15, 0.2) is 0 Å². The molecule has 0 bridgehead atoms. The molecule has 0 aliphatic carbocycles. The Morgan fingerprint density at radius 1 is 0.400 bits per heavy atom. The number of hydrogen-bond acceptors (Lipinski definition) is 3. The molecule has 0 atom stereocenters. The Bertz CT molecular complexity index is 256. The Balaban J connectivity index is 3.28. The van der Waals surface area contributed by atoms with E-state index in [1.54, 1.807) is 0 Å². The van der Waals surface area contributed by atoms with Crippen molar-refractivity contribution < 1.29 is 19.8 Å². The number of likely N-dealkylation sites (N-methyl/N-ethyl adjacent to an activating group) is 1. The fourth-order valence-electron chi connectivity index (χ4n) is 3.54. The van der Waals surface area contributed by atoms with Crippen molar-refractivity contribution in [3.05, 3.63) is 0 Å². The number of unbranched alkanes of at least 4 members (excludes halogenated alkanes) is 13. The van der Waals surface area contributed by atoms with Gasteiger partial charge in [-0.2, -0.15) is 0 Å². The standard InChI is InChI=1S/C21H46NO3/c1-22(17-20-24,18-21-25)16-14-12-10-8-6-4-2-3-5-7-9-11-13-15-19-23/h23-25H,2-21H2,1H3/q+1. The van der Waals surface area contributed by atoms with Gasteiger partial charge in [0, 0.05) is 6.61 Å². The average Bonchev–Trinajstić information content (AvgIpc) is 2.59. The van der Waals surface area contributed by atoms with Crippen LogP contribution in [0.5, 0.6) is 0 Å². The molecule has 0 aromatic heterocycles. The van der Waals surface area contributed by atoms with Crippen LogP contribution in [0.2, 0.25) is 0 Å². The lowest BCUT2D eigenvalue weighted by Gasteiger charge is -2.33. The highest BCUT2D eigenvalue weighted by Gasteiger charge is 2.19. The molecule has 0 amide bonds. The third-order valence-corrected chi connectivity index (χ3v) is 5.39. The van der Waals surface area contributed by atoms with Gasteiger partial charge in [-0.25, -0.2) is 0 Å². The zero-order valence-corrected chi connectivity index (χ0v) is 16.9. The molecule has 3 N–H and O–H groups in total. The van der Waals surface area contributed by atoms with Crippen molar-refractivity contribution in [2.24, 2.45) is 0 Å². The van der Waals surface area contributed by atoms with Gasteiger partial charge in [-0.3, -0.25) is 0 Å². The monoisotopic (exact) mass is 360 g/mol. The lowest BCUT2D eigenvalue weighted by Crippen LogP contribution is -2.48. The maximum absolute atomic E-state index is 9.15. The second-order valence-electron chi connectivity index (χ2n) is 7.91. The van der Waals surface area contributed by atoms with Crippen molar-refractivity contribution in [1.29, 1.82) is 0 Å². The van der Waals surface area contributed by atoms with Crippen molar-refractivity contribution in [1.82, 2.24) is 0 Å². The predicted octanol–water partition coefficient (Wildman–Crippen LogP) is 3.87. The van der Waals surface area contributed by atoms with Crippen LogP contribution < -0.4 is 0 Å². The van der Waals surface area contributed by atoms with E-state index in [-0.39, 0.29) is 13.2 Å². The van der Waals surface area contributed by atoms with Crippen molar-refractivity contribution in [2.45, 2.75) is 89.9 Å². The number of nitrogens with zero attached hydrogens (tertiary/aromatic N) is 1. The van der Waals surface area contributed by atoms with E-state index in [0.717, 1.165) is 30.5 Å². The molecule has 0 radical (unpaired) electrons. The second-order valence-corrected chi connectivity index (χ2v) is 7.91. The van der Waals surface area contributed by atoms with Crippen LogP contribution in [0.1, 0.15) is 89.9 Å². The van der Waals surface area contributed by atoms with E-state index in [2.05, 4.69) is 7.05 Å². The molecule has 0 saturated heterocycles. The lowest BCUT2D eigenvalue weighted by atomic mass is 10.0. The van der Waals surface area contributed by atoms with Crippen molar-refractivity contribution in [3.63, 3.8) is 0 Å². The summed E-state index contributed by atoms with van der Waals surface area (Å²) in [6.07, 6.45) is 18.2. The van der Waals surface area contributed by atoms with Gasteiger partial charge >= 0.3 is 0 Å². The van der Waals surface area contributed by atoms with Crippen LogP contribution in [0.25, 0.3) is 0 Å². The molecule has 152 valence electrons. The van der Waals surface area contributed by atoms with Crippen LogP contribution in [-0.4, -0.2) is 66.3 Å². The molecule has 25 heavy (non-hydrogen) atoms. The summed E-state index contributed by atoms with van der Waals surface area (Å²) in [5.74, 6) is 0. The maximum atomic E-state index is 9.15. The summed E-state index contributed by atoms with van der Waals surface area (Å²) in [6, 6.07) is 0. The molecule has 0 aromatic rings. The van der Waals surface area contributed by atoms with Crippen LogP contribution in [0.3, 0.4) is 0 Å². The molecular weight excluding hydrogens is 314 g/mol. The SMILES string of the molecule is C[N+](CCO)(CCO)CCCCCCCCCCCCCCCCO. The van der Waals surface area contributed by atoms with Gasteiger partial charge in [-0.1, -0.05) is 70.6 Å². The third kappa shape index (κ3) is 17.0. The number of hydrogen-bond donors (Lipinski definition) is 3. The normalized spacial score (nSPS) is 12.0. The second kappa shape index (κ2) is 18.6. The smallest absolute Gasteiger partial charge is 0.102 e. The average molecular weight is 361 g/mol. The molecule has 0 aromatic carbocycles. The highest BCUT2D eigenvalue weighted by molar-refractivity contribution is 4.50. The Kier molecular flexibility index (Phi) is 18.5. The lowest BCUT2D eigenvalue weighted by molar-refractivity contribution is -0.910. The van der Waals surface area contributed by atoms with E-state index >= 15 is 0 Å². The van der Waals surface area contributed by atoms with Gasteiger partial charge < -0.3 is 19.8 Å². The predicted molar refractivity (Wildman–Crippen MR) is 107 cm³/mol. The van der Waals surface area contributed by atoms with Crippen molar-refractivity contribution >= 4 is 0 Å². The summed E-state index contributed by atoms with van der Waals surface area (Å²) in [5, 5.41) is 27.0. The molecule has 0 spiro atoms. The molecule has 0 aliphatic heterocycles. The highest BCUT2D eigenvalue weighted by atomic mass is 16.3. The first kappa shape index (κ1) is 24.8. The minimum Gasteiger partial charge on any atom is -0.396 e. The number of aliphatic hydroxyl groups excluding tert-OH is 3. The third-order valence-electron chi connectivity index (χ3n) is 5.39. The number of quaternary nitrogens is 1. The topological polar surface area (TPSA) is 60.7 Å². The first-order valence-electron chi connectivity index (χ1n) is 10.8. The fraction of sp³-hybridized carbons (Fsp3) is 1.00. The van der Waals surface area contributed by atoms with Crippen LogP contribution in [-0.2, 0) is 0 Å². The van der Waals surface area contributed by atoms with Gasteiger partial charge in [0.25, 0.3) is 0 Å². The minimum absolute atomic E-state index is 0.208. The van der Waals surface area contributed by atoms with Gasteiger partial charge in [0.05, 0.1) is 26.8 Å². The zero-order chi connectivity index (χ0) is 18.6. The first-order chi connectivity index (χ1) is 12.2. The van der Waals surface area contributed by atoms with Gasteiger partial charge in [0.2, 0.25) is 0 Å². The molecule has 0 rings (SSSR count). The van der Waals surface area contributed by atoms with Crippen LogP contribution >= 0.6 is 0 Å². The van der Waals surface area contributed by atoms with E-state index in [4.69, 9.17) is 15.3 Å². The van der Waals surface area contributed by atoms with Gasteiger partial charge in [-0.15, -0.1) is 0 Å². The number of aliphatic hydroxyl groups is 3. The van der Waals surface area contributed by atoms with Gasteiger partial charge in [-0.05, 0) is 19.3 Å². The highest BCUT2D eigenvalue weighted by Crippen LogP contribution is 2.13. The zero-order valence-electron chi connectivity index (χ0n) is 16.9. The number of rotatable bonds is 20. The summed E-state index contributed by atoms with van der Waals surface area (Å²) in [5.41, 5.74) is 0. The largest absolute Gasteiger partial charge is 0.396 e. The maximum Gasteiger partial charge on any atom is 0.102 e. The molecule has 0 fully saturated rings. The quantitative estimate of drug-likeness (QED) is 0.228. The molecule has 4 nitrogen and oxygen atoms in total. The Morgan fingerprint density at radius 3 is 1.04 bits per heavy atom. The summed E-state index contributed by atoms with van der Waals surface area (Å²) in [7, 11) is 2.14. The fourth-order valence-corrected chi connectivity index (χ4v) is 3.54. The summed E-state index contributed by atoms with van der Waals surface area (Å²) < 4.78 is 0.799. The van der Waals surface area contributed by atoms with E-state index in [1.807, 2.05) is 0 Å². The Labute approximate surface area is 156 Å². The molecule has 0 heterocycles. The minimum atomic E-state index is 0.208. The van der Waals surface area contributed by atoms with Crippen molar-refractivity contribution in [3.8, 4) is 0 Å². The molecule has 0 aliphatic rings. The van der Waals surface area contributed by atoms with Crippen LogP contribution in [0, 0.1) is 0 Å². The summed E-state index contributed by atoms with van der Waals surface area (Å²) in [6.45, 7) is 3.34. The van der Waals surface area contributed by atoms with Gasteiger partial charge in [0.15, 0.2) is 0 Å².